The quantitative estimate of drug-likeness (QED) is 0.831. The molecule has 0 aliphatic rings. The van der Waals surface area contributed by atoms with Gasteiger partial charge in [0.05, 0.1) is 0 Å². The molecule has 0 aliphatic heterocycles. The molecule has 2 rings (SSSR count). The van der Waals surface area contributed by atoms with Crippen LogP contribution in [0.4, 0.5) is 5.82 Å². The number of aromatic nitrogens is 4. The van der Waals surface area contributed by atoms with E-state index in [1.807, 2.05) is 13.0 Å². The van der Waals surface area contributed by atoms with Crippen molar-refractivity contribution in [3.8, 4) is 0 Å². The summed E-state index contributed by atoms with van der Waals surface area (Å²) in [7, 11) is 0. The molecular formula is C12H20N6. The molecular weight excluding hydrogens is 228 g/mol. The first-order chi connectivity index (χ1) is 8.56. The highest BCUT2D eigenvalue weighted by atomic mass is 15.3. The largest absolute Gasteiger partial charge is 0.368 e. The number of rotatable bonds is 5. The minimum Gasteiger partial charge on any atom is -0.368 e. The van der Waals surface area contributed by atoms with Crippen molar-refractivity contribution in [1.29, 1.82) is 0 Å². The summed E-state index contributed by atoms with van der Waals surface area (Å²) >= 11 is 0. The molecule has 1 atom stereocenters. The zero-order chi connectivity index (χ0) is 13.1. The van der Waals surface area contributed by atoms with Crippen molar-refractivity contribution in [1.82, 2.24) is 19.6 Å². The number of hydrogen-bond acceptors (Lipinski definition) is 5. The molecule has 0 aliphatic carbocycles. The van der Waals surface area contributed by atoms with E-state index in [9.17, 15) is 0 Å². The molecule has 0 saturated heterocycles. The first-order valence-corrected chi connectivity index (χ1v) is 6.23. The van der Waals surface area contributed by atoms with Crippen LogP contribution in [0.15, 0.2) is 12.4 Å². The molecule has 0 radical (unpaired) electrons. The van der Waals surface area contributed by atoms with Gasteiger partial charge in [-0.05, 0) is 19.3 Å². The van der Waals surface area contributed by atoms with Crippen molar-refractivity contribution in [2.75, 3.05) is 11.9 Å². The van der Waals surface area contributed by atoms with Crippen molar-refractivity contribution in [3.63, 3.8) is 0 Å². The molecule has 6 nitrogen and oxygen atoms in total. The van der Waals surface area contributed by atoms with Gasteiger partial charge in [-0.25, -0.2) is 4.98 Å². The van der Waals surface area contributed by atoms with Gasteiger partial charge in [0, 0.05) is 24.3 Å². The molecule has 0 spiro atoms. The summed E-state index contributed by atoms with van der Waals surface area (Å²) in [5.74, 6) is 2.09. The second kappa shape index (κ2) is 5.30. The van der Waals surface area contributed by atoms with Crippen LogP contribution in [-0.4, -0.2) is 32.2 Å². The molecule has 0 saturated carbocycles. The van der Waals surface area contributed by atoms with E-state index in [2.05, 4.69) is 34.2 Å². The van der Waals surface area contributed by atoms with E-state index in [1.54, 1.807) is 4.52 Å². The van der Waals surface area contributed by atoms with Crippen LogP contribution in [0.25, 0.3) is 5.78 Å². The lowest BCUT2D eigenvalue weighted by Crippen LogP contribution is -2.31. The summed E-state index contributed by atoms with van der Waals surface area (Å²) in [6.45, 7) is 7.00. The van der Waals surface area contributed by atoms with Gasteiger partial charge in [-0.2, -0.15) is 14.6 Å². The van der Waals surface area contributed by atoms with Crippen LogP contribution in [0.1, 0.15) is 26.0 Å². The first kappa shape index (κ1) is 12.8. The normalized spacial score (nSPS) is 13.2. The Morgan fingerprint density at radius 1 is 1.44 bits per heavy atom. The smallest absolute Gasteiger partial charge is 0.254 e. The van der Waals surface area contributed by atoms with Crippen LogP contribution in [-0.2, 0) is 0 Å². The van der Waals surface area contributed by atoms with Gasteiger partial charge in [-0.1, -0.05) is 13.8 Å². The molecule has 1 unspecified atom stereocenters. The Labute approximate surface area is 107 Å². The van der Waals surface area contributed by atoms with Crippen LogP contribution < -0.4 is 11.1 Å². The van der Waals surface area contributed by atoms with E-state index in [4.69, 9.17) is 5.73 Å². The molecule has 3 N–H and O–H groups in total. The van der Waals surface area contributed by atoms with Gasteiger partial charge in [-0.15, -0.1) is 0 Å². The predicted octanol–water partition coefficient (Wildman–Crippen LogP) is 1.22. The number of nitrogens with two attached hydrogens (primary N) is 1. The fraction of sp³-hybridized carbons (Fsp3) is 0.583. The summed E-state index contributed by atoms with van der Waals surface area (Å²) in [5, 5.41) is 7.45. The summed E-state index contributed by atoms with van der Waals surface area (Å²) in [4.78, 5) is 8.38. The Kier molecular flexibility index (Phi) is 3.76. The molecule has 2 heterocycles. The van der Waals surface area contributed by atoms with Gasteiger partial charge < -0.3 is 11.1 Å². The fourth-order valence-electron chi connectivity index (χ4n) is 1.98. The van der Waals surface area contributed by atoms with Crippen LogP contribution in [0.5, 0.6) is 0 Å². The predicted molar refractivity (Wildman–Crippen MR) is 71.4 cm³/mol. The van der Waals surface area contributed by atoms with Gasteiger partial charge in [-0.3, -0.25) is 0 Å². The number of hydrogen-bond donors (Lipinski definition) is 2. The lowest BCUT2D eigenvalue weighted by Gasteiger charge is -2.16. The Morgan fingerprint density at radius 3 is 2.94 bits per heavy atom. The SMILES string of the molecule is Cc1cc(NCC(N)CC(C)C)n2ncnc2n1. The molecule has 2 aromatic heterocycles. The summed E-state index contributed by atoms with van der Waals surface area (Å²) in [6.07, 6.45) is 2.50. The van der Waals surface area contributed by atoms with Crippen molar-refractivity contribution in [3.05, 3.63) is 18.1 Å². The maximum absolute atomic E-state index is 6.06. The lowest BCUT2D eigenvalue weighted by atomic mass is 10.0. The second-order valence-electron chi connectivity index (χ2n) is 5.03. The summed E-state index contributed by atoms with van der Waals surface area (Å²) < 4.78 is 1.69. The third-order valence-electron chi connectivity index (χ3n) is 2.70. The van der Waals surface area contributed by atoms with Crippen molar-refractivity contribution >= 4 is 11.6 Å². The van der Waals surface area contributed by atoms with Gasteiger partial charge in [0.15, 0.2) is 0 Å². The zero-order valence-electron chi connectivity index (χ0n) is 11.1. The highest BCUT2D eigenvalue weighted by molar-refractivity contribution is 5.44. The van der Waals surface area contributed by atoms with E-state index < -0.39 is 0 Å². The van der Waals surface area contributed by atoms with E-state index >= 15 is 0 Å². The van der Waals surface area contributed by atoms with E-state index in [-0.39, 0.29) is 6.04 Å². The lowest BCUT2D eigenvalue weighted by molar-refractivity contribution is 0.507. The van der Waals surface area contributed by atoms with Crippen molar-refractivity contribution < 1.29 is 0 Å². The minimum atomic E-state index is 0.136. The summed E-state index contributed by atoms with van der Waals surface area (Å²) in [6, 6.07) is 2.08. The highest BCUT2D eigenvalue weighted by Crippen LogP contribution is 2.10. The van der Waals surface area contributed by atoms with Crippen LogP contribution in [0.2, 0.25) is 0 Å². The Hall–Kier alpha value is -1.69. The van der Waals surface area contributed by atoms with Crippen molar-refractivity contribution in [2.24, 2.45) is 11.7 Å². The Balaban J connectivity index is 2.09. The standard InChI is InChI=1S/C12H20N6/c1-8(2)4-10(13)6-14-11-5-9(3)17-12-15-7-16-18(11)12/h5,7-8,10,14H,4,6,13H2,1-3H3. The number of fused-ring (bicyclic) bond motifs is 1. The maximum Gasteiger partial charge on any atom is 0.254 e. The molecule has 0 fully saturated rings. The minimum absolute atomic E-state index is 0.136. The zero-order valence-corrected chi connectivity index (χ0v) is 11.1. The number of aryl methyl sites for hydroxylation is 1. The average Bonchev–Trinajstić information content (AvgIpc) is 2.72. The van der Waals surface area contributed by atoms with Crippen LogP contribution in [0, 0.1) is 12.8 Å². The maximum atomic E-state index is 6.06. The highest BCUT2D eigenvalue weighted by Gasteiger charge is 2.08. The number of nitrogens with zero attached hydrogens (tertiary/aromatic N) is 4. The van der Waals surface area contributed by atoms with Gasteiger partial charge >= 0.3 is 0 Å². The average molecular weight is 248 g/mol. The Bertz CT molecular complexity index is 518. The van der Waals surface area contributed by atoms with Gasteiger partial charge in [0.1, 0.15) is 12.1 Å². The second-order valence-corrected chi connectivity index (χ2v) is 5.03. The molecule has 6 heteroatoms. The molecule has 0 bridgehead atoms. The van der Waals surface area contributed by atoms with E-state index in [1.165, 1.54) is 6.33 Å². The van der Waals surface area contributed by atoms with Gasteiger partial charge in [0.2, 0.25) is 0 Å². The fourth-order valence-corrected chi connectivity index (χ4v) is 1.98. The monoisotopic (exact) mass is 248 g/mol. The van der Waals surface area contributed by atoms with E-state index in [0.29, 0.717) is 11.7 Å². The first-order valence-electron chi connectivity index (χ1n) is 6.23. The van der Waals surface area contributed by atoms with Crippen LogP contribution in [0.3, 0.4) is 0 Å². The van der Waals surface area contributed by atoms with Crippen molar-refractivity contribution in [2.45, 2.75) is 33.2 Å². The molecule has 18 heavy (non-hydrogen) atoms. The number of nitrogens with one attached hydrogen (secondary N) is 1. The Morgan fingerprint density at radius 2 is 2.22 bits per heavy atom. The molecule has 98 valence electrons. The van der Waals surface area contributed by atoms with Gasteiger partial charge in [0.25, 0.3) is 5.78 Å². The molecule has 0 aromatic carbocycles. The summed E-state index contributed by atoms with van der Waals surface area (Å²) in [5.41, 5.74) is 6.97. The van der Waals surface area contributed by atoms with E-state index in [0.717, 1.165) is 24.5 Å². The molecule has 2 aromatic rings. The topological polar surface area (TPSA) is 81.1 Å². The third kappa shape index (κ3) is 2.95. The number of anilines is 1. The third-order valence-corrected chi connectivity index (χ3v) is 2.70. The molecule has 0 amide bonds. The van der Waals surface area contributed by atoms with Crippen LogP contribution >= 0.6 is 0 Å².